The van der Waals surface area contributed by atoms with Crippen molar-refractivity contribution in [1.29, 1.82) is 0 Å². The first-order valence-corrected chi connectivity index (χ1v) is 7.43. The molecule has 0 saturated carbocycles. The summed E-state index contributed by atoms with van der Waals surface area (Å²) in [6.45, 7) is 5.24. The maximum absolute atomic E-state index is 4.30. The van der Waals surface area contributed by atoms with Crippen molar-refractivity contribution in [2.75, 3.05) is 6.54 Å². The minimum atomic E-state index is 0.198. The van der Waals surface area contributed by atoms with E-state index >= 15 is 0 Å². The van der Waals surface area contributed by atoms with Gasteiger partial charge in [-0.2, -0.15) is 0 Å². The zero-order valence-corrected chi connectivity index (χ0v) is 12.5. The van der Waals surface area contributed by atoms with Crippen LogP contribution in [0, 0.1) is 6.92 Å². The lowest BCUT2D eigenvalue weighted by molar-refractivity contribution is 0.631. The molecule has 0 spiro atoms. The van der Waals surface area contributed by atoms with Gasteiger partial charge in [0.1, 0.15) is 0 Å². The van der Waals surface area contributed by atoms with Crippen LogP contribution in [0.25, 0.3) is 10.8 Å². The largest absolute Gasteiger partial charge is 0.307 e. The van der Waals surface area contributed by atoms with Gasteiger partial charge in [-0.3, -0.25) is 4.98 Å². The predicted molar refractivity (Wildman–Crippen MR) is 88.4 cm³/mol. The first-order valence-electron chi connectivity index (χ1n) is 7.43. The molecule has 0 amide bonds. The molecule has 1 N–H and O–H groups in total. The molecule has 1 unspecified atom stereocenters. The number of nitrogens with one attached hydrogen (secondary N) is 1. The van der Waals surface area contributed by atoms with E-state index in [-0.39, 0.29) is 6.04 Å². The van der Waals surface area contributed by atoms with Crippen LogP contribution in [0.2, 0.25) is 0 Å². The summed E-state index contributed by atoms with van der Waals surface area (Å²) in [4.78, 5) is 4.30. The molecule has 21 heavy (non-hydrogen) atoms. The molecule has 0 bridgehead atoms. The van der Waals surface area contributed by atoms with E-state index in [2.05, 4.69) is 72.7 Å². The van der Waals surface area contributed by atoms with Crippen LogP contribution < -0.4 is 5.32 Å². The fourth-order valence-corrected chi connectivity index (χ4v) is 2.89. The van der Waals surface area contributed by atoms with E-state index < -0.39 is 0 Å². The van der Waals surface area contributed by atoms with Crippen molar-refractivity contribution in [3.8, 4) is 0 Å². The van der Waals surface area contributed by atoms with E-state index in [1.807, 2.05) is 12.4 Å². The van der Waals surface area contributed by atoms with Gasteiger partial charge in [0.05, 0.1) is 6.04 Å². The van der Waals surface area contributed by atoms with Crippen LogP contribution in [0.5, 0.6) is 0 Å². The van der Waals surface area contributed by atoms with Crippen molar-refractivity contribution in [2.24, 2.45) is 0 Å². The zero-order valence-electron chi connectivity index (χ0n) is 12.5. The molecular weight excluding hydrogens is 256 g/mol. The number of hydrogen-bond acceptors (Lipinski definition) is 2. The minimum absolute atomic E-state index is 0.198. The van der Waals surface area contributed by atoms with Crippen molar-refractivity contribution >= 4 is 10.8 Å². The maximum Gasteiger partial charge on any atom is 0.0585 e. The van der Waals surface area contributed by atoms with Crippen molar-refractivity contribution in [3.05, 3.63) is 77.6 Å². The number of aryl methyl sites for hydroxylation is 1. The molecule has 0 aliphatic carbocycles. The van der Waals surface area contributed by atoms with Gasteiger partial charge in [0.2, 0.25) is 0 Å². The molecule has 2 nitrogen and oxygen atoms in total. The Morgan fingerprint density at radius 1 is 1.00 bits per heavy atom. The highest BCUT2D eigenvalue weighted by molar-refractivity contribution is 5.85. The number of aromatic nitrogens is 1. The van der Waals surface area contributed by atoms with E-state index in [9.17, 15) is 0 Å². The van der Waals surface area contributed by atoms with Crippen LogP contribution in [0.4, 0.5) is 0 Å². The monoisotopic (exact) mass is 276 g/mol. The summed E-state index contributed by atoms with van der Waals surface area (Å²) < 4.78 is 0. The normalized spacial score (nSPS) is 12.5. The molecule has 1 atom stereocenters. The van der Waals surface area contributed by atoms with Crippen LogP contribution >= 0.6 is 0 Å². The van der Waals surface area contributed by atoms with Gasteiger partial charge in [0, 0.05) is 17.8 Å². The second-order valence-corrected chi connectivity index (χ2v) is 5.29. The lowest BCUT2D eigenvalue weighted by Gasteiger charge is -2.22. The number of fused-ring (bicyclic) bond motifs is 1. The van der Waals surface area contributed by atoms with Gasteiger partial charge in [-0.25, -0.2) is 0 Å². The lowest BCUT2D eigenvalue weighted by atomic mass is 9.92. The van der Waals surface area contributed by atoms with Gasteiger partial charge >= 0.3 is 0 Å². The fourth-order valence-electron chi connectivity index (χ4n) is 2.89. The van der Waals surface area contributed by atoms with E-state index in [4.69, 9.17) is 0 Å². The Morgan fingerprint density at radius 3 is 2.62 bits per heavy atom. The molecule has 106 valence electrons. The predicted octanol–water partition coefficient (Wildman–Crippen LogP) is 4.24. The van der Waals surface area contributed by atoms with Crippen LogP contribution in [0.3, 0.4) is 0 Å². The van der Waals surface area contributed by atoms with Crippen molar-refractivity contribution in [1.82, 2.24) is 10.3 Å². The Labute approximate surface area is 125 Å². The zero-order chi connectivity index (χ0) is 14.7. The van der Waals surface area contributed by atoms with Crippen LogP contribution in [-0.2, 0) is 0 Å². The number of nitrogens with zero attached hydrogens (tertiary/aromatic N) is 1. The van der Waals surface area contributed by atoms with E-state index in [1.165, 1.54) is 27.5 Å². The Balaban J connectivity index is 2.19. The number of hydrogen-bond donors (Lipinski definition) is 1. The van der Waals surface area contributed by atoms with Crippen LogP contribution in [0.15, 0.2) is 60.9 Å². The fraction of sp³-hybridized carbons (Fsp3) is 0.211. The number of benzene rings is 2. The summed E-state index contributed by atoms with van der Waals surface area (Å²) >= 11 is 0. The molecular formula is C19H20N2. The second kappa shape index (κ2) is 6.06. The van der Waals surface area contributed by atoms with Gasteiger partial charge in [-0.05, 0) is 41.6 Å². The average Bonchev–Trinajstić information content (AvgIpc) is 2.53. The molecule has 3 aromatic rings. The molecule has 0 aliphatic heterocycles. The van der Waals surface area contributed by atoms with Crippen LogP contribution in [0.1, 0.15) is 29.7 Å². The third-order valence-electron chi connectivity index (χ3n) is 3.94. The summed E-state index contributed by atoms with van der Waals surface area (Å²) in [5.74, 6) is 0. The van der Waals surface area contributed by atoms with Gasteiger partial charge < -0.3 is 5.32 Å². The summed E-state index contributed by atoms with van der Waals surface area (Å²) in [5.41, 5.74) is 3.93. The summed E-state index contributed by atoms with van der Waals surface area (Å²) in [6.07, 6.45) is 3.81. The minimum Gasteiger partial charge on any atom is -0.307 e. The summed E-state index contributed by atoms with van der Waals surface area (Å²) in [6, 6.07) is 17.3. The Kier molecular flexibility index (Phi) is 3.98. The van der Waals surface area contributed by atoms with Crippen molar-refractivity contribution < 1.29 is 0 Å². The highest BCUT2D eigenvalue weighted by Gasteiger charge is 2.17. The summed E-state index contributed by atoms with van der Waals surface area (Å²) in [5, 5.41) is 6.07. The third kappa shape index (κ3) is 2.67. The van der Waals surface area contributed by atoms with E-state index in [0.717, 1.165) is 6.54 Å². The molecule has 0 aliphatic rings. The SMILES string of the molecule is CCNC(c1ccccc1C)c1cccc2ccncc12. The van der Waals surface area contributed by atoms with E-state index in [1.54, 1.807) is 0 Å². The smallest absolute Gasteiger partial charge is 0.0585 e. The highest BCUT2D eigenvalue weighted by atomic mass is 14.9. The molecule has 1 heterocycles. The Hall–Kier alpha value is -2.19. The number of pyridine rings is 1. The summed E-state index contributed by atoms with van der Waals surface area (Å²) in [7, 11) is 0. The molecule has 0 saturated heterocycles. The maximum atomic E-state index is 4.30. The Bertz CT molecular complexity index is 744. The highest BCUT2D eigenvalue weighted by Crippen LogP contribution is 2.30. The second-order valence-electron chi connectivity index (χ2n) is 5.29. The first-order chi connectivity index (χ1) is 10.3. The molecule has 0 radical (unpaired) electrons. The molecule has 3 rings (SSSR count). The standard InChI is InChI=1S/C19H20N2/c1-3-21-19(16-9-5-4-7-14(16)2)17-10-6-8-15-11-12-20-13-18(15)17/h4-13,19,21H,3H2,1-2H3. The Morgan fingerprint density at radius 2 is 1.81 bits per heavy atom. The number of rotatable bonds is 4. The van der Waals surface area contributed by atoms with E-state index in [0.29, 0.717) is 0 Å². The van der Waals surface area contributed by atoms with Gasteiger partial charge in [0.15, 0.2) is 0 Å². The van der Waals surface area contributed by atoms with Gasteiger partial charge in [-0.1, -0.05) is 49.4 Å². The van der Waals surface area contributed by atoms with Crippen molar-refractivity contribution in [2.45, 2.75) is 19.9 Å². The third-order valence-corrected chi connectivity index (χ3v) is 3.94. The first kappa shape index (κ1) is 13.8. The van der Waals surface area contributed by atoms with Crippen molar-refractivity contribution in [3.63, 3.8) is 0 Å². The topological polar surface area (TPSA) is 24.9 Å². The quantitative estimate of drug-likeness (QED) is 0.771. The lowest BCUT2D eigenvalue weighted by Crippen LogP contribution is -2.23. The van der Waals surface area contributed by atoms with Crippen LogP contribution in [-0.4, -0.2) is 11.5 Å². The molecule has 2 aromatic carbocycles. The molecule has 1 aromatic heterocycles. The van der Waals surface area contributed by atoms with Gasteiger partial charge in [-0.15, -0.1) is 0 Å². The van der Waals surface area contributed by atoms with Gasteiger partial charge in [0.25, 0.3) is 0 Å². The average molecular weight is 276 g/mol. The molecule has 0 fully saturated rings. The molecule has 2 heteroatoms.